The van der Waals surface area contributed by atoms with E-state index in [1.807, 2.05) is 18.2 Å². The van der Waals surface area contributed by atoms with E-state index >= 15 is 0 Å². The number of carboxylic acid groups (broad SMARTS) is 1. The number of hydrogen-bond donors (Lipinski definition) is 3. The number of ether oxygens (including phenoxy) is 1. The molecule has 0 aliphatic carbocycles. The Morgan fingerprint density at radius 2 is 2.00 bits per heavy atom. The van der Waals surface area contributed by atoms with Crippen LogP contribution in [0.15, 0.2) is 30.3 Å². The molecular formula is C13H18N2O4. The summed E-state index contributed by atoms with van der Waals surface area (Å²) in [6.45, 7) is 0.0451. The second-order valence-electron chi connectivity index (χ2n) is 4.15. The van der Waals surface area contributed by atoms with Gasteiger partial charge in [0, 0.05) is 13.5 Å². The van der Waals surface area contributed by atoms with E-state index in [0.29, 0.717) is 0 Å². The van der Waals surface area contributed by atoms with E-state index in [1.54, 1.807) is 12.1 Å². The van der Waals surface area contributed by atoms with E-state index < -0.39 is 24.0 Å². The number of hydrogen-bond acceptors (Lipinski definition) is 4. The van der Waals surface area contributed by atoms with E-state index in [9.17, 15) is 9.59 Å². The molecule has 4 N–H and O–H groups in total. The molecule has 6 heteroatoms. The third-order valence-corrected chi connectivity index (χ3v) is 2.58. The molecule has 1 aromatic rings. The van der Waals surface area contributed by atoms with Crippen molar-refractivity contribution >= 4 is 11.9 Å². The standard InChI is InChI=1S/C13H18N2O4/c1-19-8-10(14)12(16)15-11(13(17)18)7-9-5-3-2-4-6-9/h2-6,10-11H,7-8,14H2,1H3,(H,15,16)(H,17,18). The van der Waals surface area contributed by atoms with E-state index in [4.69, 9.17) is 15.6 Å². The Morgan fingerprint density at radius 3 is 2.53 bits per heavy atom. The molecule has 0 fully saturated rings. The van der Waals surface area contributed by atoms with Gasteiger partial charge in [-0.2, -0.15) is 0 Å². The molecule has 0 saturated carbocycles. The molecule has 1 aromatic carbocycles. The van der Waals surface area contributed by atoms with Gasteiger partial charge in [0.15, 0.2) is 0 Å². The number of methoxy groups -OCH3 is 1. The lowest BCUT2D eigenvalue weighted by molar-refractivity contribution is -0.142. The molecule has 1 amide bonds. The Bertz CT molecular complexity index is 422. The van der Waals surface area contributed by atoms with Gasteiger partial charge in [-0.1, -0.05) is 30.3 Å². The van der Waals surface area contributed by atoms with Crippen molar-refractivity contribution < 1.29 is 19.4 Å². The molecule has 19 heavy (non-hydrogen) atoms. The molecule has 0 radical (unpaired) electrons. The summed E-state index contributed by atoms with van der Waals surface area (Å²) in [6.07, 6.45) is 0.210. The monoisotopic (exact) mass is 266 g/mol. The highest BCUT2D eigenvalue weighted by Gasteiger charge is 2.23. The van der Waals surface area contributed by atoms with Crippen molar-refractivity contribution in [2.75, 3.05) is 13.7 Å². The van der Waals surface area contributed by atoms with Crippen LogP contribution >= 0.6 is 0 Å². The predicted molar refractivity (Wildman–Crippen MR) is 69.6 cm³/mol. The highest BCUT2D eigenvalue weighted by molar-refractivity contribution is 5.87. The van der Waals surface area contributed by atoms with Crippen LogP contribution in [0.25, 0.3) is 0 Å². The molecular weight excluding hydrogens is 248 g/mol. The van der Waals surface area contributed by atoms with Crippen molar-refractivity contribution in [3.05, 3.63) is 35.9 Å². The summed E-state index contributed by atoms with van der Waals surface area (Å²) in [6, 6.07) is 7.20. The molecule has 6 nitrogen and oxygen atoms in total. The molecule has 0 spiro atoms. The van der Waals surface area contributed by atoms with Crippen molar-refractivity contribution in [1.29, 1.82) is 0 Å². The van der Waals surface area contributed by atoms with Gasteiger partial charge in [-0.3, -0.25) is 4.79 Å². The number of nitrogens with one attached hydrogen (secondary N) is 1. The maximum atomic E-state index is 11.7. The van der Waals surface area contributed by atoms with E-state index in [1.165, 1.54) is 7.11 Å². The third-order valence-electron chi connectivity index (χ3n) is 2.58. The Hall–Kier alpha value is -1.92. The summed E-state index contributed by atoms with van der Waals surface area (Å²) >= 11 is 0. The topological polar surface area (TPSA) is 102 Å². The first-order chi connectivity index (χ1) is 9.04. The van der Waals surface area contributed by atoms with Crippen molar-refractivity contribution in [2.45, 2.75) is 18.5 Å². The van der Waals surface area contributed by atoms with Crippen LogP contribution in [0.4, 0.5) is 0 Å². The van der Waals surface area contributed by atoms with Gasteiger partial charge in [-0.15, -0.1) is 0 Å². The molecule has 0 heterocycles. The van der Waals surface area contributed by atoms with Gasteiger partial charge in [0.1, 0.15) is 12.1 Å². The van der Waals surface area contributed by atoms with Crippen LogP contribution in [-0.4, -0.2) is 42.8 Å². The fourth-order valence-corrected chi connectivity index (χ4v) is 1.58. The van der Waals surface area contributed by atoms with Gasteiger partial charge in [-0.25, -0.2) is 4.79 Å². The molecule has 104 valence electrons. The average Bonchev–Trinajstić information content (AvgIpc) is 2.39. The van der Waals surface area contributed by atoms with E-state index in [-0.39, 0.29) is 13.0 Å². The first kappa shape index (κ1) is 15.1. The summed E-state index contributed by atoms with van der Waals surface area (Å²) in [4.78, 5) is 22.8. The van der Waals surface area contributed by atoms with E-state index in [0.717, 1.165) is 5.56 Å². The molecule has 2 unspecified atom stereocenters. The summed E-state index contributed by atoms with van der Waals surface area (Å²) in [7, 11) is 1.42. The van der Waals surface area contributed by atoms with Crippen molar-refractivity contribution in [3.8, 4) is 0 Å². The average molecular weight is 266 g/mol. The number of carbonyl (C=O) groups excluding carboxylic acids is 1. The normalized spacial score (nSPS) is 13.6. The van der Waals surface area contributed by atoms with Crippen LogP contribution in [0.3, 0.4) is 0 Å². The SMILES string of the molecule is COCC(N)C(=O)NC(Cc1ccccc1)C(=O)O. The number of benzene rings is 1. The first-order valence-electron chi connectivity index (χ1n) is 5.86. The molecule has 2 atom stereocenters. The maximum absolute atomic E-state index is 11.7. The van der Waals surface area contributed by atoms with Gasteiger partial charge >= 0.3 is 5.97 Å². The van der Waals surface area contributed by atoms with Crippen LogP contribution in [-0.2, 0) is 20.7 Å². The third kappa shape index (κ3) is 5.07. The summed E-state index contributed by atoms with van der Waals surface area (Å²) in [5.41, 5.74) is 6.37. The molecule has 0 aromatic heterocycles. The van der Waals surface area contributed by atoms with Crippen LogP contribution in [0, 0.1) is 0 Å². The minimum Gasteiger partial charge on any atom is -0.480 e. The number of amides is 1. The van der Waals surface area contributed by atoms with Crippen molar-refractivity contribution in [1.82, 2.24) is 5.32 Å². The minimum atomic E-state index is -1.10. The molecule has 0 aliphatic heterocycles. The lowest BCUT2D eigenvalue weighted by atomic mass is 10.1. The van der Waals surface area contributed by atoms with Gasteiger partial charge in [0.25, 0.3) is 0 Å². The van der Waals surface area contributed by atoms with Gasteiger partial charge in [0.05, 0.1) is 6.61 Å². The number of rotatable bonds is 7. The molecule has 0 bridgehead atoms. The largest absolute Gasteiger partial charge is 0.480 e. The van der Waals surface area contributed by atoms with Crippen LogP contribution in [0.1, 0.15) is 5.56 Å². The Morgan fingerprint density at radius 1 is 1.37 bits per heavy atom. The fourth-order valence-electron chi connectivity index (χ4n) is 1.58. The lowest BCUT2D eigenvalue weighted by Crippen LogP contribution is -2.50. The first-order valence-corrected chi connectivity index (χ1v) is 5.86. The summed E-state index contributed by atoms with van der Waals surface area (Å²) in [5, 5.41) is 11.5. The zero-order valence-electron chi connectivity index (χ0n) is 10.7. The second-order valence-corrected chi connectivity index (χ2v) is 4.15. The fraction of sp³-hybridized carbons (Fsp3) is 0.385. The quantitative estimate of drug-likeness (QED) is 0.633. The number of carbonyl (C=O) groups is 2. The maximum Gasteiger partial charge on any atom is 0.326 e. The Kier molecular flexibility index (Phi) is 5.98. The lowest BCUT2D eigenvalue weighted by Gasteiger charge is -2.17. The molecule has 0 saturated heterocycles. The van der Waals surface area contributed by atoms with Crippen LogP contribution < -0.4 is 11.1 Å². The predicted octanol–water partition coefficient (Wildman–Crippen LogP) is -0.228. The number of aliphatic carboxylic acids is 1. The van der Waals surface area contributed by atoms with Gasteiger partial charge in [-0.05, 0) is 5.56 Å². The van der Waals surface area contributed by atoms with Crippen LogP contribution in [0.5, 0.6) is 0 Å². The Balaban J connectivity index is 2.64. The van der Waals surface area contributed by atoms with Gasteiger partial charge < -0.3 is 20.9 Å². The minimum absolute atomic E-state index is 0.0451. The van der Waals surface area contributed by atoms with Crippen LogP contribution in [0.2, 0.25) is 0 Å². The number of carboxylic acids is 1. The Labute approximate surface area is 111 Å². The van der Waals surface area contributed by atoms with Crippen molar-refractivity contribution in [3.63, 3.8) is 0 Å². The summed E-state index contributed by atoms with van der Waals surface area (Å²) < 4.78 is 4.75. The number of nitrogens with two attached hydrogens (primary N) is 1. The zero-order valence-corrected chi connectivity index (χ0v) is 10.7. The van der Waals surface area contributed by atoms with E-state index in [2.05, 4.69) is 5.32 Å². The smallest absolute Gasteiger partial charge is 0.326 e. The highest BCUT2D eigenvalue weighted by Crippen LogP contribution is 2.03. The highest BCUT2D eigenvalue weighted by atomic mass is 16.5. The summed E-state index contributed by atoms with van der Waals surface area (Å²) in [5.74, 6) is -1.63. The van der Waals surface area contributed by atoms with Crippen molar-refractivity contribution in [2.24, 2.45) is 5.73 Å². The molecule has 0 aliphatic rings. The molecule has 1 rings (SSSR count). The second kappa shape index (κ2) is 7.50. The zero-order chi connectivity index (χ0) is 14.3. The van der Waals surface area contributed by atoms with Gasteiger partial charge in [0.2, 0.25) is 5.91 Å².